The number of thiophene rings is 2. The standard InChI is InChI=1S/C14H16N2O2S2/c1-8-2-3-12(19-8)13-5-4-11(20-13)10-6-9(10)7-16(18)14(15)17/h2-5,9-10,18H,6-7H2,1H3,(H2,15,17)/t9-,10+/m0/s1. The van der Waals surface area contributed by atoms with E-state index in [0.717, 1.165) is 6.42 Å². The fourth-order valence-corrected chi connectivity index (χ4v) is 4.53. The monoisotopic (exact) mass is 308 g/mol. The molecule has 2 amide bonds. The number of carbonyl (C=O) groups is 1. The quantitative estimate of drug-likeness (QED) is 0.668. The van der Waals surface area contributed by atoms with E-state index in [1.54, 1.807) is 22.7 Å². The molecule has 0 spiro atoms. The largest absolute Gasteiger partial charge is 0.350 e. The highest BCUT2D eigenvalue weighted by molar-refractivity contribution is 7.22. The maximum absolute atomic E-state index is 10.8. The SMILES string of the molecule is Cc1ccc(-c2ccc([C@@H]3C[C@H]3CN(O)C(N)=O)s2)s1. The second-order valence-corrected chi connectivity index (χ2v) is 7.54. The van der Waals surface area contributed by atoms with Crippen molar-refractivity contribution in [3.8, 4) is 9.75 Å². The first-order valence-electron chi connectivity index (χ1n) is 6.47. The molecule has 1 aliphatic carbocycles. The summed E-state index contributed by atoms with van der Waals surface area (Å²) in [7, 11) is 0. The zero-order valence-corrected chi connectivity index (χ0v) is 12.7. The zero-order chi connectivity index (χ0) is 14.3. The van der Waals surface area contributed by atoms with Gasteiger partial charge in [-0.2, -0.15) is 0 Å². The number of amides is 2. The van der Waals surface area contributed by atoms with Crippen LogP contribution < -0.4 is 5.73 Å². The van der Waals surface area contributed by atoms with Crippen molar-refractivity contribution >= 4 is 28.7 Å². The predicted octanol–water partition coefficient (Wildman–Crippen LogP) is 3.66. The van der Waals surface area contributed by atoms with E-state index in [1.807, 2.05) is 0 Å². The summed E-state index contributed by atoms with van der Waals surface area (Å²) in [5.74, 6) is 0.771. The molecule has 2 aromatic heterocycles. The Kier molecular flexibility index (Phi) is 3.54. The molecule has 0 unspecified atom stereocenters. The number of nitrogens with two attached hydrogens (primary N) is 1. The first kappa shape index (κ1) is 13.6. The van der Waals surface area contributed by atoms with Crippen molar-refractivity contribution in [2.75, 3.05) is 6.54 Å². The van der Waals surface area contributed by atoms with Crippen molar-refractivity contribution in [2.45, 2.75) is 19.3 Å². The van der Waals surface area contributed by atoms with Crippen molar-refractivity contribution in [2.24, 2.45) is 11.7 Å². The maximum Gasteiger partial charge on any atom is 0.338 e. The molecule has 0 aromatic carbocycles. The molecule has 0 saturated heterocycles. The minimum atomic E-state index is -0.781. The van der Waals surface area contributed by atoms with Gasteiger partial charge in [-0.3, -0.25) is 5.21 Å². The topological polar surface area (TPSA) is 66.6 Å². The number of primary amides is 1. The molecule has 3 N–H and O–H groups in total. The van der Waals surface area contributed by atoms with Crippen LogP contribution in [0.5, 0.6) is 0 Å². The number of urea groups is 1. The molecule has 1 fully saturated rings. The molecule has 0 aliphatic heterocycles. The fourth-order valence-electron chi connectivity index (χ4n) is 2.36. The van der Waals surface area contributed by atoms with E-state index in [9.17, 15) is 10.0 Å². The van der Waals surface area contributed by atoms with Crippen molar-refractivity contribution in [1.82, 2.24) is 5.06 Å². The highest BCUT2D eigenvalue weighted by Gasteiger charge is 2.40. The molecule has 1 aliphatic rings. The Labute approximate surface area is 125 Å². The summed E-state index contributed by atoms with van der Waals surface area (Å²) in [6.45, 7) is 2.44. The first-order valence-corrected chi connectivity index (χ1v) is 8.10. The average Bonchev–Trinajstić information content (AvgIpc) is 2.83. The molecule has 6 heteroatoms. The predicted molar refractivity (Wildman–Crippen MR) is 81.3 cm³/mol. The van der Waals surface area contributed by atoms with E-state index in [1.165, 1.54) is 19.5 Å². The number of carbonyl (C=O) groups excluding carboxylic acids is 1. The lowest BCUT2D eigenvalue weighted by molar-refractivity contribution is -0.0431. The highest BCUT2D eigenvalue weighted by Crippen LogP contribution is 2.51. The summed E-state index contributed by atoms with van der Waals surface area (Å²) < 4.78 is 0. The van der Waals surface area contributed by atoms with Gasteiger partial charge in [-0.25, -0.2) is 9.86 Å². The minimum absolute atomic E-state index is 0.323. The van der Waals surface area contributed by atoms with Crippen molar-refractivity contribution in [3.63, 3.8) is 0 Å². The molecule has 2 heterocycles. The van der Waals surface area contributed by atoms with Gasteiger partial charge in [0.1, 0.15) is 0 Å². The minimum Gasteiger partial charge on any atom is -0.350 e. The van der Waals surface area contributed by atoms with Gasteiger partial charge in [0.05, 0.1) is 6.54 Å². The second-order valence-electron chi connectivity index (χ2n) is 5.13. The lowest BCUT2D eigenvalue weighted by Crippen LogP contribution is -2.34. The molecule has 3 rings (SSSR count). The van der Waals surface area contributed by atoms with Gasteiger partial charge in [0, 0.05) is 19.5 Å². The van der Waals surface area contributed by atoms with E-state index in [-0.39, 0.29) is 0 Å². The average molecular weight is 308 g/mol. The third-order valence-electron chi connectivity index (χ3n) is 3.56. The molecule has 20 heavy (non-hydrogen) atoms. The molecule has 1 saturated carbocycles. The van der Waals surface area contributed by atoms with Gasteiger partial charge < -0.3 is 5.73 Å². The fraction of sp³-hybridized carbons (Fsp3) is 0.357. The van der Waals surface area contributed by atoms with Gasteiger partial charge in [0.2, 0.25) is 0 Å². The summed E-state index contributed by atoms with van der Waals surface area (Å²) in [4.78, 5) is 16.0. The van der Waals surface area contributed by atoms with Crippen molar-refractivity contribution < 1.29 is 10.0 Å². The van der Waals surface area contributed by atoms with E-state index >= 15 is 0 Å². The first-order chi connectivity index (χ1) is 9.54. The summed E-state index contributed by atoms with van der Waals surface area (Å²) >= 11 is 3.61. The van der Waals surface area contributed by atoms with Crippen LogP contribution in [-0.2, 0) is 0 Å². The van der Waals surface area contributed by atoms with Crippen molar-refractivity contribution in [3.05, 3.63) is 34.0 Å². The second kappa shape index (κ2) is 5.20. The maximum atomic E-state index is 10.8. The van der Waals surface area contributed by atoms with Gasteiger partial charge in [0.25, 0.3) is 0 Å². The summed E-state index contributed by atoms with van der Waals surface area (Å²) in [6.07, 6.45) is 1.01. The number of hydrogen-bond acceptors (Lipinski definition) is 4. The third-order valence-corrected chi connectivity index (χ3v) is 5.97. The van der Waals surface area contributed by atoms with E-state index in [4.69, 9.17) is 5.73 Å². The number of rotatable bonds is 4. The van der Waals surface area contributed by atoms with Gasteiger partial charge in [-0.1, -0.05) is 0 Å². The normalized spacial score (nSPS) is 20.9. The van der Waals surface area contributed by atoms with Gasteiger partial charge in [0.15, 0.2) is 0 Å². The van der Waals surface area contributed by atoms with E-state index < -0.39 is 6.03 Å². The molecule has 4 nitrogen and oxygen atoms in total. The van der Waals surface area contributed by atoms with Crippen LogP contribution in [0, 0.1) is 12.8 Å². The van der Waals surface area contributed by atoms with E-state index in [2.05, 4.69) is 31.2 Å². The Hall–Kier alpha value is -1.37. The Morgan fingerprint density at radius 3 is 2.70 bits per heavy atom. The molecular weight excluding hydrogens is 292 g/mol. The lowest BCUT2D eigenvalue weighted by Gasteiger charge is -2.10. The van der Waals surface area contributed by atoms with Crippen LogP contribution in [0.4, 0.5) is 4.79 Å². The number of aryl methyl sites for hydroxylation is 1. The molecule has 2 aromatic rings. The smallest absolute Gasteiger partial charge is 0.338 e. The lowest BCUT2D eigenvalue weighted by atomic mass is 10.2. The summed E-state index contributed by atoms with van der Waals surface area (Å²) in [5.41, 5.74) is 5.02. The molecular formula is C14H16N2O2S2. The van der Waals surface area contributed by atoms with Gasteiger partial charge >= 0.3 is 6.03 Å². The number of hydrogen-bond donors (Lipinski definition) is 2. The van der Waals surface area contributed by atoms with Crippen LogP contribution in [0.3, 0.4) is 0 Å². The Bertz CT molecular complexity index is 635. The molecule has 2 atom stereocenters. The van der Waals surface area contributed by atoms with Crippen LogP contribution in [0.25, 0.3) is 9.75 Å². The summed E-state index contributed by atoms with van der Waals surface area (Å²) in [6, 6.07) is 7.83. The zero-order valence-electron chi connectivity index (χ0n) is 11.1. The summed E-state index contributed by atoms with van der Waals surface area (Å²) in [5, 5.41) is 9.96. The van der Waals surface area contributed by atoms with Crippen LogP contribution in [-0.4, -0.2) is 22.8 Å². The molecule has 0 radical (unpaired) electrons. The van der Waals surface area contributed by atoms with Gasteiger partial charge in [-0.15, -0.1) is 22.7 Å². The van der Waals surface area contributed by atoms with Crippen LogP contribution in [0.1, 0.15) is 22.1 Å². The van der Waals surface area contributed by atoms with E-state index in [0.29, 0.717) is 23.4 Å². The van der Waals surface area contributed by atoms with Crippen molar-refractivity contribution in [1.29, 1.82) is 0 Å². The molecule has 0 bridgehead atoms. The number of nitrogens with zero attached hydrogens (tertiary/aromatic N) is 1. The van der Waals surface area contributed by atoms with Crippen LogP contribution in [0.15, 0.2) is 24.3 Å². The highest BCUT2D eigenvalue weighted by atomic mass is 32.1. The third kappa shape index (κ3) is 2.72. The Balaban J connectivity index is 1.66. The Morgan fingerprint density at radius 1 is 1.35 bits per heavy atom. The van der Waals surface area contributed by atoms with Crippen LogP contribution >= 0.6 is 22.7 Å². The van der Waals surface area contributed by atoms with Crippen LogP contribution in [0.2, 0.25) is 0 Å². The Morgan fingerprint density at radius 2 is 2.05 bits per heavy atom. The molecule has 106 valence electrons. The van der Waals surface area contributed by atoms with Gasteiger partial charge in [-0.05, 0) is 49.4 Å². The number of hydroxylamine groups is 2.